The minimum absolute atomic E-state index is 0.824. The van der Waals surface area contributed by atoms with Gasteiger partial charge in [0.2, 0.25) is 0 Å². The van der Waals surface area contributed by atoms with E-state index >= 15 is 0 Å². The van der Waals surface area contributed by atoms with Gasteiger partial charge in [0.15, 0.2) is 0 Å². The van der Waals surface area contributed by atoms with Crippen LogP contribution >= 0.6 is 22.9 Å². The maximum absolute atomic E-state index is 5.74. The number of hydrogen-bond acceptors (Lipinski definition) is 2. The Morgan fingerprint density at radius 2 is 2.55 bits per heavy atom. The molecule has 1 nitrogen and oxygen atoms in total. The molecule has 1 aromatic rings. The molecule has 1 aromatic heterocycles. The molecule has 1 heterocycles. The SMILES string of the molecule is C=CCNCc1cc(Cl)cs1. The average Bonchev–Trinajstić information content (AvgIpc) is 2.37. The van der Waals surface area contributed by atoms with E-state index in [9.17, 15) is 0 Å². The summed E-state index contributed by atoms with van der Waals surface area (Å²) in [5.74, 6) is 0. The molecular formula is C8H10ClNS. The standard InChI is InChI=1S/C8H10ClNS/c1-2-3-10-5-8-4-7(9)6-11-8/h2,4,6,10H,1,3,5H2. The van der Waals surface area contributed by atoms with Gasteiger partial charge in [0.25, 0.3) is 0 Å². The maximum Gasteiger partial charge on any atom is 0.0516 e. The molecule has 3 heteroatoms. The second-order valence-corrected chi connectivity index (χ2v) is 3.58. The molecule has 0 amide bonds. The van der Waals surface area contributed by atoms with Gasteiger partial charge < -0.3 is 5.32 Å². The Bertz CT molecular complexity index is 232. The summed E-state index contributed by atoms with van der Waals surface area (Å²) in [7, 11) is 0. The van der Waals surface area contributed by atoms with E-state index in [1.807, 2.05) is 17.5 Å². The molecule has 0 unspecified atom stereocenters. The molecule has 0 bridgehead atoms. The largest absolute Gasteiger partial charge is 0.308 e. The Kier molecular flexibility index (Phi) is 3.63. The first-order chi connectivity index (χ1) is 5.33. The zero-order chi connectivity index (χ0) is 8.10. The van der Waals surface area contributed by atoms with Crippen molar-refractivity contribution in [1.82, 2.24) is 5.32 Å². The summed E-state index contributed by atoms with van der Waals surface area (Å²) in [5.41, 5.74) is 0. The van der Waals surface area contributed by atoms with Crippen LogP contribution in [0, 0.1) is 0 Å². The molecule has 60 valence electrons. The second-order valence-electron chi connectivity index (χ2n) is 2.15. The Morgan fingerprint density at radius 3 is 3.09 bits per heavy atom. The van der Waals surface area contributed by atoms with Crippen LogP contribution in [0.1, 0.15) is 4.88 Å². The lowest BCUT2D eigenvalue weighted by Crippen LogP contribution is -2.11. The van der Waals surface area contributed by atoms with Crippen molar-refractivity contribution in [3.8, 4) is 0 Å². The summed E-state index contributed by atoms with van der Waals surface area (Å²) >= 11 is 7.41. The van der Waals surface area contributed by atoms with Gasteiger partial charge >= 0.3 is 0 Å². The molecule has 0 saturated carbocycles. The molecule has 0 aliphatic carbocycles. The number of thiophene rings is 1. The van der Waals surface area contributed by atoms with E-state index in [1.165, 1.54) is 4.88 Å². The van der Waals surface area contributed by atoms with Crippen molar-refractivity contribution in [2.45, 2.75) is 6.54 Å². The molecular weight excluding hydrogens is 178 g/mol. The lowest BCUT2D eigenvalue weighted by Gasteiger charge is -1.95. The van der Waals surface area contributed by atoms with Crippen molar-refractivity contribution < 1.29 is 0 Å². The summed E-state index contributed by atoms with van der Waals surface area (Å²) in [4.78, 5) is 1.26. The van der Waals surface area contributed by atoms with E-state index in [-0.39, 0.29) is 0 Å². The van der Waals surface area contributed by atoms with Gasteiger partial charge in [-0.15, -0.1) is 17.9 Å². The van der Waals surface area contributed by atoms with E-state index in [1.54, 1.807) is 11.3 Å². The van der Waals surface area contributed by atoms with Crippen LogP contribution < -0.4 is 5.32 Å². The lowest BCUT2D eigenvalue weighted by atomic mass is 10.4. The predicted molar refractivity (Wildman–Crippen MR) is 51.2 cm³/mol. The summed E-state index contributed by atoms with van der Waals surface area (Å²) in [6.45, 7) is 5.33. The first-order valence-corrected chi connectivity index (χ1v) is 4.63. The van der Waals surface area contributed by atoms with Crippen LogP contribution in [-0.2, 0) is 6.54 Å². The molecule has 0 atom stereocenters. The highest BCUT2D eigenvalue weighted by molar-refractivity contribution is 7.10. The topological polar surface area (TPSA) is 12.0 Å². The van der Waals surface area contributed by atoms with Crippen LogP contribution in [0.5, 0.6) is 0 Å². The van der Waals surface area contributed by atoms with Crippen LogP contribution in [0.3, 0.4) is 0 Å². The van der Waals surface area contributed by atoms with Crippen molar-refractivity contribution in [3.63, 3.8) is 0 Å². The van der Waals surface area contributed by atoms with Gasteiger partial charge in [-0.1, -0.05) is 17.7 Å². The van der Waals surface area contributed by atoms with E-state index in [0.717, 1.165) is 18.1 Å². The third-order valence-electron chi connectivity index (χ3n) is 1.21. The minimum Gasteiger partial charge on any atom is -0.308 e. The molecule has 0 fully saturated rings. The van der Waals surface area contributed by atoms with Gasteiger partial charge in [-0.3, -0.25) is 0 Å². The number of nitrogens with one attached hydrogen (secondary N) is 1. The number of hydrogen-bond donors (Lipinski definition) is 1. The third-order valence-corrected chi connectivity index (χ3v) is 2.49. The number of rotatable bonds is 4. The fraction of sp³-hybridized carbons (Fsp3) is 0.250. The average molecular weight is 188 g/mol. The molecule has 0 aromatic carbocycles. The van der Waals surface area contributed by atoms with E-state index in [4.69, 9.17) is 11.6 Å². The zero-order valence-electron chi connectivity index (χ0n) is 6.14. The Labute approximate surface area is 75.7 Å². The van der Waals surface area contributed by atoms with Gasteiger partial charge in [-0.05, 0) is 6.07 Å². The van der Waals surface area contributed by atoms with E-state index < -0.39 is 0 Å². The Morgan fingerprint density at radius 1 is 1.73 bits per heavy atom. The monoisotopic (exact) mass is 187 g/mol. The quantitative estimate of drug-likeness (QED) is 0.565. The van der Waals surface area contributed by atoms with Crippen molar-refractivity contribution in [3.05, 3.63) is 34.0 Å². The van der Waals surface area contributed by atoms with Crippen molar-refractivity contribution >= 4 is 22.9 Å². The van der Waals surface area contributed by atoms with Gasteiger partial charge in [-0.2, -0.15) is 0 Å². The van der Waals surface area contributed by atoms with Gasteiger partial charge in [0, 0.05) is 23.3 Å². The number of halogens is 1. The van der Waals surface area contributed by atoms with Gasteiger partial charge in [0.05, 0.1) is 5.02 Å². The summed E-state index contributed by atoms with van der Waals surface area (Å²) in [5, 5.41) is 5.96. The summed E-state index contributed by atoms with van der Waals surface area (Å²) in [6.07, 6.45) is 1.84. The summed E-state index contributed by atoms with van der Waals surface area (Å²) in [6, 6.07) is 1.97. The highest BCUT2D eigenvalue weighted by atomic mass is 35.5. The fourth-order valence-corrected chi connectivity index (χ4v) is 1.79. The molecule has 1 rings (SSSR count). The zero-order valence-corrected chi connectivity index (χ0v) is 7.71. The van der Waals surface area contributed by atoms with Crippen LogP contribution in [0.4, 0.5) is 0 Å². The van der Waals surface area contributed by atoms with Crippen molar-refractivity contribution in [2.75, 3.05) is 6.54 Å². The molecule has 1 N–H and O–H groups in total. The van der Waals surface area contributed by atoms with Crippen molar-refractivity contribution in [2.24, 2.45) is 0 Å². The lowest BCUT2D eigenvalue weighted by molar-refractivity contribution is 0.771. The minimum atomic E-state index is 0.824. The first-order valence-electron chi connectivity index (χ1n) is 3.37. The molecule has 0 radical (unpaired) electrons. The maximum atomic E-state index is 5.74. The predicted octanol–water partition coefficient (Wildman–Crippen LogP) is 2.68. The van der Waals surface area contributed by atoms with Crippen LogP contribution in [-0.4, -0.2) is 6.54 Å². The Hall–Kier alpha value is -0.310. The highest BCUT2D eigenvalue weighted by Gasteiger charge is 1.94. The molecule has 0 spiro atoms. The first kappa shape index (κ1) is 8.78. The molecule has 0 aliphatic rings. The van der Waals surface area contributed by atoms with Crippen molar-refractivity contribution in [1.29, 1.82) is 0 Å². The van der Waals surface area contributed by atoms with Gasteiger partial charge in [-0.25, -0.2) is 0 Å². The summed E-state index contributed by atoms with van der Waals surface area (Å²) < 4.78 is 0. The molecule has 0 aliphatic heterocycles. The van der Waals surface area contributed by atoms with E-state index in [2.05, 4.69) is 11.9 Å². The van der Waals surface area contributed by atoms with Crippen LogP contribution in [0.15, 0.2) is 24.1 Å². The third kappa shape index (κ3) is 3.06. The Balaban J connectivity index is 2.32. The molecule has 11 heavy (non-hydrogen) atoms. The second kappa shape index (κ2) is 4.54. The van der Waals surface area contributed by atoms with Crippen LogP contribution in [0.2, 0.25) is 5.02 Å². The smallest absolute Gasteiger partial charge is 0.0516 e. The normalized spacial score (nSPS) is 9.91. The highest BCUT2D eigenvalue weighted by Crippen LogP contribution is 2.18. The van der Waals surface area contributed by atoms with Crippen LogP contribution in [0.25, 0.3) is 0 Å². The van der Waals surface area contributed by atoms with E-state index in [0.29, 0.717) is 0 Å². The molecule has 0 saturated heterocycles. The van der Waals surface area contributed by atoms with Gasteiger partial charge in [0.1, 0.15) is 0 Å². The fourth-order valence-electron chi connectivity index (χ4n) is 0.744.